The summed E-state index contributed by atoms with van der Waals surface area (Å²) in [5.74, 6) is 0.177. The molecule has 3 atom stereocenters. The molecule has 1 heterocycles. The maximum atomic E-state index is 13.2. The molecule has 0 bridgehead atoms. The summed E-state index contributed by atoms with van der Waals surface area (Å²) in [5.41, 5.74) is 16.0. The standard InChI is InChI=1S/C29H35N3O/c1-18-12-19(2)24(20(3)13-18)16-26(30)29(33)32-28-21(4)17-31-27-11-10-23(15-25(27)28)14-22-8-6-5-7-9-22/h5-13,15,21,26,28,31H,14,16-17,30H2,1-4H3,(H,32,33)/t21-,26+,28-/m1/s1. The van der Waals surface area contributed by atoms with Gasteiger partial charge in [0.05, 0.1) is 12.1 Å². The Morgan fingerprint density at radius 2 is 1.73 bits per heavy atom. The molecule has 0 fully saturated rings. The van der Waals surface area contributed by atoms with Gasteiger partial charge in [-0.1, -0.05) is 67.1 Å². The average Bonchev–Trinajstić information content (AvgIpc) is 2.78. The molecule has 4 rings (SSSR count). The minimum Gasteiger partial charge on any atom is -0.384 e. The largest absolute Gasteiger partial charge is 0.384 e. The van der Waals surface area contributed by atoms with Crippen molar-refractivity contribution in [3.8, 4) is 0 Å². The van der Waals surface area contributed by atoms with Crippen LogP contribution in [0.25, 0.3) is 0 Å². The Morgan fingerprint density at radius 3 is 2.42 bits per heavy atom. The van der Waals surface area contributed by atoms with Crippen molar-refractivity contribution in [2.75, 3.05) is 11.9 Å². The Morgan fingerprint density at radius 1 is 1.03 bits per heavy atom. The molecule has 33 heavy (non-hydrogen) atoms. The SMILES string of the molecule is Cc1cc(C)c(C[C@H](N)C(=O)N[C@H]2c3cc(Cc4ccccc4)ccc3NC[C@H]2C)c(C)c1. The highest BCUT2D eigenvalue weighted by Gasteiger charge is 2.30. The highest BCUT2D eigenvalue weighted by Crippen LogP contribution is 2.34. The molecule has 0 radical (unpaired) electrons. The van der Waals surface area contributed by atoms with Crippen LogP contribution in [-0.2, 0) is 17.6 Å². The number of benzene rings is 3. The van der Waals surface area contributed by atoms with Crippen LogP contribution in [0.15, 0.2) is 60.7 Å². The number of nitrogens with two attached hydrogens (primary N) is 1. The third kappa shape index (κ3) is 5.28. The molecule has 0 aliphatic carbocycles. The molecule has 0 saturated carbocycles. The highest BCUT2D eigenvalue weighted by molar-refractivity contribution is 5.83. The summed E-state index contributed by atoms with van der Waals surface area (Å²) < 4.78 is 0. The number of fused-ring (bicyclic) bond motifs is 1. The van der Waals surface area contributed by atoms with E-state index in [0.29, 0.717) is 6.42 Å². The van der Waals surface area contributed by atoms with Gasteiger partial charge in [-0.2, -0.15) is 0 Å². The van der Waals surface area contributed by atoms with Crippen LogP contribution >= 0.6 is 0 Å². The molecule has 4 N–H and O–H groups in total. The molecular formula is C29H35N3O. The van der Waals surface area contributed by atoms with Crippen molar-refractivity contribution < 1.29 is 4.79 Å². The summed E-state index contributed by atoms with van der Waals surface area (Å²) in [6.07, 6.45) is 1.42. The molecule has 1 aliphatic rings. The Bertz CT molecular complexity index is 1120. The van der Waals surface area contributed by atoms with Crippen LogP contribution in [0.3, 0.4) is 0 Å². The van der Waals surface area contributed by atoms with Gasteiger partial charge in [0.15, 0.2) is 0 Å². The van der Waals surface area contributed by atoms with Crippen molar-refractivity contribution in [2.45, 2.75) is 52.6 Å². The zero-order valence-electron chi connectivity index (χ0n) is 20.1. The number of carbonyl (C=O) groups excluding carboxylic acids is 1. The van der Waals surface area contributed by atoms with Crippen LogP contribution in [0, 0.1) is 26.7 Å². The molecule has 4 heteroatoms. The monoisotopic (exact) mass is 441 g/mol. The minimum atomic E-state index is -0.580. The first-order chi connectivity index (χ1) is 15.8. The van der Waals surface area contributed by atoms with E-state index in [9.17, 15) is 4.79 Å². The van der Waals surface area contributed by atoms with E-state index in [0.717, 1.165) is 24.2 Å². The van der Waals surface area contributed by atoms with Crippen molar-refractivity contribution in [1.82, 2.24) is 5.32 Å². The number of amides is 1. The van der Waals surface area contributed by atoms with Crippen LogP contribution in [0.4, 0.5) is 5.69 Å². The molecule has 3 aromatic carbocycles. The smallest absolute Gasteiger partial charge is 0.237 e. The number of anilines is 1. The number of hydrogen-bond donors (Lipinski definition) is 3. The van der Waals surface area contributed by atoms with E-state index >= 15 is 0 Å². The minimum absolute atomic E-state index is 0.0595. The lowest BCUT2D eigenvalue weighted by atomic mass is 9.87. The zero-order chi connectivity index (χ0) is 23.5. The van der Waals surface area contributed by atoms with Crippen molar-refractivity contribution in [2.24, 2.45) is 11.7 Å². The van der Waals surface area contributed by atoms with E-state index in [4.69, 9.17) is 5.73 Å². The third-order valence-electron chi connectivity index (χ3n) is 6.78. The first-order valence-corrected chi connectivity index (χ1v) is 11.8. The maximum absolute atomic E-state index is 13.2. The number of carbonyl (C=O) groups is 1. The van der Waals surface area contributed by atoms with Gasteiger partial charge in [0, 0.05) is 12.2 Å². The van der Waals surface area contributed by atoms with Gasteiger partial charge in [-0.05, 0) is 79.0 Å². The molecule has 1 amide bonds. The predicted molar refractivity (Wildman–Crippen MR) is 137 cm³/mol. The third-order valence-corrected chi connectivity index (χ3v) is 6.78. The Hall–Kier alpha value is -3.11. The number of aryl methyl sites for hydroxylation is 3. The van der Waals surface area contributed by atoms with Crippen LogP contribution in [-0.4, -0.2) is 18.5 Å². The van der Waals surface area contributed by atoms with Crippen molar-refractivity contribution in [1.29, 1.82) is 0 Å². The lowest BCUT2D eigenvalue weighted by Gasteiger charge is -2.34. The van der Waals surface area contributed by atoms with E-state index in [1.54, 1.807) is 0 Å². The Labute approximate surface area is 197 Å². The average molecular weight is 442 g/mol. The van der Waals surface area contributed by atoms with Gasteiger partial charge in [0.1, 0.15) is 0 Å². The van der Waals surface area contributed by atoms with E-state index < -0.39 is 6.04 Å². The summed E-state index contributed by atoms with van der Waals surface area (Å²) in [6.45, 7) is 9.28. The van der Waals surface area contributed by atoms with Crippen LogP contribution in [0.5, 0.6) is 0 Å². The quantitative estimate of drug-likeness (QED) is 0.505. The highest BCUT2D eigenvalue weighted by atomic mass is 16.2. The number of rotatable bonds is 6. The summed E-state index contributed by atoms with van der Waals surface area (Å²) in [7, 11) is 0. The van der Waals surface area contributed by atoms with Gasteiger partial charge in [-0.15, -0.1) is 0 Å². The second-order valence-electron chi connectivity index (χ2n) is 9.62. The molecule has 0 aromatic heterocycles. The van der Waals surface area contributed by atoms with E-state index in [1.807, 2.05) is 6.07 Å². The van der Waals surface area contributed by atoms with Crippen molar-refractivity contribution in [3.05, 3.63) is 99.6 Å². The van der Waals surface area contributed by atoms with E-state index in [1.165, 1.54) is 33.4 Å². The Balaban J connectivity index is 1.52. The Kier molecular flexibility index (Phi) is 6.85. The molecule has 172 valence electrons. The molecule has 0 spiro atoms. The van der Waals surface area contributed by atoms with Crippen molar-refractivity contribution in [3.63, 3.8) is 0 Å². The van der Waals surface area contributed by atoms with Crippen LogP contribution < -0.4 is 16.4 Å². The molecule has 4 nitrogen and oxygen atoms in total. The molecule has 3 aromatic rings. The van der Waals surface area contributed by atoms with Gasteiger partial charge < -0.3 is 16.4 Å². The van der Waals surface area contributed by atoms with E-state index in [-0.39, 0.29) is 17.9 Å². The predicted octanol–water partition coefficient (Wildman–Crippen LogP) is 4.99. The zero-order valence-corrected chi connectivity index (χ0v) is 20.1. The van der Waals surface area contributed by atoms with Crippen LogP contribution in [0.1, 0.15) is 51.9 Å². The van der Waals surface area contributed by atoms with Crippen LogP contribution in [0.2, 0.25) is 0 Å². The van der Waals surface area contributed by atoms with Gasteiger partial charge in [-0.3, -0.25) is 4.79 Å². The summed E-state index contributed by atoms with van der Waals surface area (Å²) in [4.78, 5) is 13.2. The summed E-state index contributed by atoms with van der Waals surface area (Å²) in [5, 5.41) is 6.80. The normalized spacial score (nSPS) is 18.2. The topological polar surface area (TPSA) is 67.2 Å². The summed E-state index contributed by atoms with van der Waals surface area (Å²) >= 11 is 0. The number of hydrogen-bond acceptors (Lipinski definition) is 3. The van der Waals surface area contributed by atoms with Gasteiger partial charge in [0.25, 0.3) is 0 Å². The lowest BCUT2D eigenvalue weighted by molar-refractivity contribution is -0.123. The first-order valence-electron chi connectivity index (χ1n) is 11.8. The first kappa shape index (κ1) is 23.1. The number of nitrogens with one attached hydrogen (secondary N) is 2. The second-order valence-corrected chi connectivity index (χ2v) is 9.62. The van der Waals surface area contributed by atoms with Gasteiger partial charge >= 0.3 is 0 Å². The fourth-order valence-corrected chi connectivity index (χ4v) is 4.99. The fraction of sp³-hybridized carbons (Fsp3) is 0.345. The lowest BCUT2D eigenvalue weighted by Crippen LogP contribution is -2.47. The van der Waals surface area contributed by atoms with Crippen molar-refractivity contribution >= 4 is 11.6 Å². The molecular weight excluding hydrogens is 406 g/mol. The second kappa shape index (κ2) is 9.80. The van der Waals surface area contributed by atoms with E-state index in [2.05, 4.69) is 92.9 Å². The molecule has 1 aliphatic heterocycles. The van der Waals surface area contributed by atoms with Gasteiger partial charge in [0.2, 0.25) is 5.91 Å². The molecule has 0 saturated heterocycles. The fourth-order valence-electron chi connectivity index (χ4n) is 4.99. The van der Waals surface area contributed by atoms with Gasteiger partial charge in [-0.25, -0.2) is 0 Å². The molecule has 0 unspecified atom stereocenters. The maximum Gasteiger partial charge on any atom is 0.237 e. The summed E-state index contributed by atoms with van der Waals surface area (Å²) in [6, 6.07) is 20.7.